The van der Waals surface area contributed by atoms with E-state index in [1.807, 2.05) is 53.1 Å². The van der Waals surface area contributed by atoms with Gasteiger partial charge < -0.3 is 4.74 Å². The first-order valence-electron chi connectivity index (χ1n) is 5.74. The molecule has 0 fully saturated rings. The summed E-state index contributed by atoms with van der Waals surface area (Å²) in [5.41, 5.74) is 1.66. The molecule has 0 saturated carbocycles. The zero-order valence-corrected chi connectivity index (χ0v) is 12.2. The molecule has 0 aliphatic heterocycles. The van der Waals surface area contributed by atoms with Crippen LogP contribution in [0.1, 0.15) is 5.69 Å². The van der Waals surface area contributed by atoms with E-state index in [4.69, 9.17) is 16.3 Å². The fraction of sp³-hybridized carbons (Fsp3) is 0.0714. The van der Waals surface area contributed by atoms with Gasteiger partial charge in [0.25, 0.3) is 0 Å². The van der Waals surface area contributed by atoms with Crippen LogP contribution in [0.25, 0.3) is 5.65 Å². The van der Waals surface area contributed by atoms with Crippen LogP contribution in [0.4, 0.5) is 0 Å². The Morgan fingerprint density at radius 3 is 2.74 bits per heavy atom. The number of hydrogen-bond donors (Lipinski definition) is 0. The predicted molar refractivity (Wildman–Crippen MR) is 79.0 cm³/mol. The average Bonchev–Trinajstić information content (AvgIpc) is 2.78. The fourth-order valence-electron chi connectivity index (χ4n) is 1.86. The van der Waals surface area contributed by atoms with Crippen LogP contribution in [0.2, 0.25) is 0 Å². The Morgan fingerprint density at radius 1 is 1.16 bits per heavy atom. The van der Waals surface area contributed by atoms with E-state index in [1.54, 1.807) is 0 Å². The number of fused-ring (bicyclic) bond motifs is 1. The Morgan fingerprint density at radius 2 is 1.95 bits per heavy atom. The Kier molecular flexibility index (Phi) is 3.44. The number of nitrogens with zero attached hydrogens (tertiary/aromatic N) is 2. The summed E-state index contributed by atoms with van der Waals surface area (Å²) in [6.07, 6.45) is 1.92. The van der Waals surface area contributed by atoms with Crippen LogP contribution in [0.15, 0.2) is 53.1 Å². The highest BCUT2D eigenvalue weighted by atomic mass is 79.9. The van der Waals surface area contributed by atoms with Gasteiger partial charge in [-0.15, -0.1) is 11.6 Å². The van der Waals surface area contributed by atoms with Gasteiger partial charge in [0.05, 0.1) is 10.4 Å². The molecule has 19 heavy (non-hydrogen) atoms. The molecule has 0 aliphatic rings. The molecule has 0 amide bonds. The minimum absolute atomic E-state index is 0.338. The largest absolute Gasteiger partial charge is 0.436 e. The minimum atomic E-state index is 0.338. The highest BCUT2D eigenvalue weighted by molar-refractivity contribution is 9.10. The lowest BCUT2D eigenvalue weighted by Crippen LogP contribution is -1.92. The number of ether oxygens (including phenoxy) is 1. The lowest BCUT2D eigenvalue weighted by Gasteiger charge is -2.06. The van der Waals surface area contributed by atoms with Gasteiger partial charge in [-0.25, -0.2) is 0 Å². The number of halogens is 2. The Hall–Kier alpha value is -1.52. The zero-order valence-electron chi connectivity index (χ0n) is 9.88. The number of alkyl halides is 1. The summed E-state index contributed by atoms with van der Waals surface area (Å²) in [5.74, 6) is 1.59. The fourth-order valence-corrected chi connectivity index (χ4v) is 2.47. The van der Waals surface area contributed by atoms with E-state index in [0.29, 0.717) is 11.8 Å². The van der Waals surface area contributed by atoms with Crippen LogP contribution in [-0.4, -0.2) is 9.38 Å². The second kappa shape index (κ2) is 5.23. The number of hydrogen-bond acceptors (Lipinski definition) is 2. The maximum Gasteiger partial charge on any atom is 0.242 e. The third-order valence-electron chi connectivity index (χ3n) is 2.76. The number of imidazole rings is 1. The summed E-state index contributed by atoms with van der Waals surface area (Å²) in [6, 6.07) is 13.4. The molecule has 0 radical (unpaired) electrons. The lowest BCUT2D eigenvalue weighted by molar-refractivity contribution is 0.458. The minimum Gasteiger partial charge on any atom is -0.436 e. The van der Waals surface area contributed by atoms with Crippen molar-refractivity contribution in [1.29, 1.82) is 0 Å². The maximum atomic E-state index is 6.01. The summed E-state index contributed by atoms with van der Waals surface area (Å²) < 4.78 is 8.66. The molecule has 2 heterocycles. The number of aromatic nitrogens is 2. The molecule has 0 saturated heterocycles. The molecule has 3 nitrogen and oxygen atoms in total. The first-order chi connectivity index (χ1) is 9.29. The van der Waals surface area contributed by atoms with Crippen LogP contribution in [0.5, 0.6) is 11.6 Å². The first-order valence-corrected chi connectivity index (χ1v) is 7.06. The maximum absolute atomic E-state index is 6.01. The van der Waals surface area contributed by atoms with Crippen LogP contribution in [0.3, 0.4) is 0 Å². The number of benzene rings is 1. The van der Waals surface area contributed by atoms with Gasteiger partial charge >= 0.3 is 0 Å². The first kappa shape index (κ1) is 12.5. The number of para-hydroxylation sites is 1. The second-order valence-corrected chi connectivity index (χ2v) is 5.08. The van der Waals surface area contributed by atoms with Gasteiger partial charge in [-0.1, -0.05) is 18.2 Å². The van der Waals surface area contributed by atoms with Crippen molar-refractivity contribution in [3.05, 3.63) is 58.8 Å². The highest BCUT2D eigenvalue weighted by Gasteiger charge is 2.13. The van der Waals surface area contributed by atoms with E-state index in [1.165, 1.54) is 0 Å². The Bertz CT molecular complexity index is 726. The van der Waals surface area contributed by atoms with Crippen molar-refractivity contribution in [3.8, 4) is 11.6 Å². The van der Waals surface area contributed by atoms with E-state index in [2.05, 4.69) is 20.9 Å². The Balaban J connectivity index is 2.08. The van der Waals surface area contributed by atoms with Gasteiger partial charge in [0.15, 0.2) is 0 Å². The van der Waals surface area contributed by atoms with Crippen molar-refractivity contribution < 1.29 is 4.74 Å². The molecular weight excluding hydrogens is 328 g/mol. The number of rotatable bonds is 3. The molecule has 0 N–H and O–H groups in total. The third-order valence-corrected chi connectivity index (χ3v) is 3.67. The number of pyridine rings is 1. The molecule has 0 bridgehead atoms. The second-order valence-electron chi connectivity index (χ2n) is 3.96. The molecule has 96 valence electrons. The van der Waals surface area contributed by atoms with E-state index >= 15 is 0 Å². The summed E-state index contributed by atoms with van der Waals surface area (Å²) >= 11 is 9.46. The molecule has 1 aromatic carbocycles. The third kappa shape index (κ3) is 2.33. The smallest absolute Gasteiger partial charge is 0.242 e. The van der Waals surface area contributed by atoms with Crippen LogP contribution >= 0.6 is 27.5 Å². The van der Waals surface area contributed by atoms with Crippen LogP contribution in [0, 0.1) is 0 Å². The summed E-state index contributed by atoms with van der Waals surface area (Å²) in [7, 11) is 0. The van der Waals surface area contributed by atoms with Gasteiger partial charge in [-0.05, 0) is 40.2 Å². The van der Waals surface area contributed by atoms with Crippen molar-refractivity contribution in [3.63, 3.8) is 0 Å². The van der Waals surface area contributed by atoms with Crippen molar-refractivity contribution >= 4 is 33.2 Å². The monoisotopic (exact) mass is 336 g/mol. The van der Waals surface area contributed by atoms with Gasteiger partial charge in [0, 0.05) is 6.20 Å². The molecule has 0 spiro atoms. The normalized spacial score (nSPS) is 10.8. The van der Waals surface area contributed by atoms with E-state index < -0.39 is 0 Å². The van der Waals surface area contributed by atoms with Crippen molar-refractivity contribution in [2.75, 3.05) is 0 Å². The van der Waals surface area contributed by atoms with E-state index in [-0.39, 0.29) is 0 Å². The Labute approximate surface area is 123 Å². The molecule has 3 rings (SSSR count). The van der Waals surface area contributed by atoms with Gasteiger partial charge in [-0.3, -0.25) is 4.40 Å². The predicted octanol–water partition coefficient (Wildman–Crippen LogP) is 4.63. The average molecular weight is 338 g/mol. The highest BCUT2D eigenvalue weighted by Crippen LogP contribution is 2.31. The molecule has 0 atom stereocenters. The lowest BCUT2D eigenvalue weighted by atomic mass is 10.3. The van der Waals surface area contributed by atoms with Crippen LogP contribution in [-0.2, 0) is 5.88 Å². The van der Waals surface area contributed by atoms with E-state index in [9.17, 15) is 0 Å². The standard InChI is InChI=1S/C14H10BrClN2O/c15-10-5-1-2-6-12(10)19-14-11(9-16)18-8-4-3-7-13(18)17-14/h1-8H,9H2. The molecule has 0 aliphatic carbocycles. The van der Waals surface area contributed by atoms with Gasteiger partial charge in [0.2, 0.25) is 5.88 Å². The van der Waals surface area contributed by atoms with Crippen molar-refractivity contribution in [1.82, 2.24) is 9.38 Å². The van der Waals surface area contributed by atoms with Gasteiger partial charge in [0.1, 0.15) is 17.1 Å². The SMILES string of the molecule is ClCc1c(Oc2ccccc2Br)nc2ccccn12. The topological polar surface area (TPSA) is 26.5 Å². The van der Waals surface area contributed by atoms with Crippen LogP contribution < -0.4 is 4.74 Å². The van der Waals surface area contributed by atoms with Gasteiger partial charge in [-0.2, -0.15) is 4.98 Å². The summed E-state index contributed by atoms with van der Waals surface area (Å²) in [6.45, 7) is 0. The molecule has 0 unspecified atom stereocenters. The molecule has 2 aromatic heterocycles. The zero-order chi connectivity index (χ0) is 13.2. The quantitative estimate of drug-likeness (QED) is 0.652. The summed E-state index contributed by atoms with van der Waals surface area (Å²) in [4.78, 5) is 4.46. The molecule has 5 heteroatoms. The molecular formula is C14H10BrClN2O. The van der Waals surface area contributed by atoms with E-state index in [0.717, 1.165) is 21.6 Å². The van der Waals surface area contributed by atoms with Crippen molar-refractivity contribution in [2.24, 2.45) is 0 Å². The van der Waals surface area contributed by atoms with Crippen molar-refractivity contribution in [2.45, 2.75) is 5.88 Å². The summed E-state index contributed by atoms with van der Waals surface area (Å²) in [5, 5.41) is 0. The molecule has 3 aromatic rings.